The van der Waals surface area contributed by atoms with E-state index in [4.69, 9.17) is 27.9 Å². The van der Waals surface area contributed by atoms with Crippen molar-refractivity contribution in [3.8, 4) is 5.75 Å². The van der Waals surface area contributed by atoms with Crippen molar-refractivity contribution in [1.82, 2.24) is 5.43 Å². The molecule has 1 N–H and O–H groups in total. The minimum Gasteiger partial charge on any atom is -0.489 e. The van der Waals surface area contributed by atoms with Crippen LogP contribution in [0, 0.1) is 6.92 Å². The summed E-state index contributed by atoms with van der Waals surface area (Å²) in [4.78, 5) is 12.8. The lowest BCUT2D eigenvalue weighted by molar-refractivity contribution is -0.119. The summed E-state index contributed by atoms with van der Waals surface area (Å²) < 4.78 is 33.6. The van der Waals surface area contributed by atoms with Crippen LogP contribution < -0.4 is 14.5 Å². The smallest absolute Gasteiger partial charge is 0.264 e. The number of carbonyl (C=O) groups is 1. The summed E-state index contributed by atoms with van der Waals surface area (Å²) in [6.45, 7) is 1.64. The number of hydrazone groups is 1. The molecule has 0 radical (unpaired) electrons. The van der Waals surface area contributed by atoms with E-state index in [0.717, 1.165) is 15.4 Å². The van der Waals surface area contributed by atoms with Gasteiger partial charge in [-0.05, 0) is 72.6 Å². The van der Waals surface area contributed by atoms with Crippen LogP contribution in [0.2, 0.25) is 10.0 Å². The van der Waals surface area contributed by atoms with E-state index in [-0.39, 0.29) is 10.6 Å². The molecule has 0 unspecified atom stereocenters. The minimum atomic E-state index is -4.05. The van der Waals surface area contributed by atoms with Gasteiger partial charge >= 0.3 is 0 Å². The summed E-state index contributed by atoms with van der Waals surface area (Å²) in [6, 6.07) is 27.3. The van der Waals surface area contributed by atoms with Gasteiger partial charge in [-0.15, -0.1) is 0 Å². The molecule has 0 aliphatic carbocycles. The number of benzene rings is 4. The Morgan fingerprint density at radius 2 is 1.62 bits per heavy atom. The Morgan fingerprint density at radius 1 is 0.923 bits per heavy atom. The van der Waals surface area contributed by atoms with E-state index in [1.165, 1.54) is 24.4 Å². The Labute approximate surface area is 237 Å². The molecule has 0 saturated carbocycles. The van der Waals surface area contributed by atoms with E-state index in [1.54, 1.807) is 67.6 Å². The van der Waals surface area contributed by atoms with Crippen molar-refractivity contribution in [2.24, 2.45) is 5.10 Å². The molecule has 4 aromatic carbocycles. The van der Waals surface area contributed by atoms with Gasteiger partial charge in [0, 0.05) is 15.6 Å². The van der Waals surface area contributed by atoms with Gasteiger partial charge in [0.1, 0.15) is 18.9 Å². The van der Waals surface area contributed by atoms with Crippen LogP contribution in [0.5, 0.6) is 5.75 Å². The minimum absolute atomic E-state index is 0.0508. The molecule has 0 atom stereocenters. The Balaban J connectivity index is 1.42. The summed E-state index contributed by atoms with van der Waals surface area (Å²) in [5.74, 6) is 0.0248. The molecular formula is C29H25Cl2N3O4S. The monoisotopic (exact) mass is 581 g/mol. The molecule has 0 aromatic heterocycles. The molecule has 4 aromatic rings. The van der Waals surface area contributed by atoms with Gasteiger partial charge in [-0.25, -0.2) is 13.8 Å². The Morgan fingerprint density at radius 3 is 2.31 bits per heavy atom. The van der Waals surface area contributed by atoms with Crippen molar-refractivity contribution < 1.29 is 17.9 Å². The first-order valence-electron chi connectivity index (χ1n) is 11.9. The van der Waals surface area contributed by atoms with Gasteiger partial charge < -0.3 is 4.74 Å². The van der Waals surface area contributed by atoms with Crippen molar-refractivity contribution in [2.75, 3.05) is 10.8 Å². The van der Waals surface area contributed by atoms with E-state index >= 15 is 0 Å². The van der Waals surface area contributed by atoms with Crippen molar-refractivity contribution in [3.63, 3.8) is 0 Å². The van der Waals surface area contributed by atoms with Crippen molar-refractivity contribution in [1.29, 1.82) is 0 Å². The van der Waals surface area contributed by atoms with Crippen LogP contribution in [-0.4, -0.2) is 27.1 Å². The molecule has 1 amide bonds. The number of halogens is 2. The molecule has 0 fully saturated rings. The number of nitrogens with one attached hydrogen (secondary N) is 1. The number of hydrogen-bond donors (Lipinski definition) is 1. The Kier molecular flexibility index (Phi) is 9.24. The SMILES string of the molecule is Cc1ccc(N(CC(=O)N/N=C/c2ccc(OCc3ccccc3Cl)cc2)S(=O)(=O)c2ccccc2)cc1Cl. The average molecular weight is 583 g/mol. The predicted octanol–water partition coefficient (Wildman–Crippen LogP) is 6.23. The first-order valence-corrected chi connectivity index (χ1v) is 14.1. The van der Waals surface area contributed by atoms with Crippen molar-refractivity contribution >= 4 is 51.0 Å². The fraction of sp³-hybridized carbons (Fsp3) is 0.103. The first-order chi connectivity index (χ1) is 18.7. The normalized spacial score (nSPS) is 11.4. The third-order valence-corrected chi connectivity index (χ3v) is 8.26. The van der Waals surface area contributed by atoms with Crippen LogP contribution in [-0.2, 0) is 21.4 Å². The molecule has 0 heterocycles. The maximum absolute atomic E-state index is 13.4. The maximum atomic E-state index is 13.4. The summed E-state index contributed by atoms with van der Waals surface area (Å²) in [5.41, 5.74) is 5.03. The molecule has 0 aliphatic rings. The summed E-state index contributed by atoms with van der Waals surface area (Å²) in [7, 11) is -4.05. The first kappa shape index (κ1) is 28.2. The number of amides is 1. The zero-order valence-electron chi connectivity index (χ0n) is 20.9. The molecule has 7 nitrogen and oxygen atoms in total. The molecule has 200 valence electrons. The van der Waals surface area contributed by atoms with Crippen LogP contribution >= 0.6 is 23.2 Å². The van der Waals surface area contributed by atoms with E-state index in [9.17, 15) is 13.2 Å². The predicted molar refractivity (Wildman–Crippen MR) is 155 cm³/mol. The van der Waals surface area contributed by atoms with Crippen LogP contribution in [0.25, 0.3) is 0 Å². The molecule has 39 heavy (non-hydrogen) atoms. The van der Waals surface area contributed by atoms with Crippen LogP contribution in [0.4, 0.5) is 5.69 Å². The summed E-state index contributed by atoms with van der Waals surface area (Å²) >= 11 is 12.4. The fourth-order valence-electron chi connectivity index (χ4n) is 3.54. The van der Waals surface area contributed by atoms with Gasteiger partial charge in [0.25, 0.3) is 15.9 Å². The van der Waals surface area contributed by atoms with Gasteiger partial charge in [-0.3, -0.25) is 9.10 Å². The van der Waals surface area contributed by atoms with Gasteiger partial charge in [0.15, 0.2) is 0 Å². The maximum Gasteiger partial charge on any atom is 0.264 e. The highest BCUT2D eigenvalue weighted by Crippen LogP contribution is 2.28. The lowest BCUT2D eigenvalue weighted by Gasteiger charge is -2.24. The van der Waals surface area contributed by atoms with Gasteiger partial charge in [0.05, 0.1) is 16.8 Å². The number of sulfonamides is 1. The highest BCUT2D eigenvalue weighted by Gasteiger charge is 2.27. The van der Waals surface area contributed by atoms with E-state index in [2.05, 4.69) is 10.5 Å². The van der Waals surface area contributed by atoms with Crippen molar-refractivity contribution in [2.45, 2.75) is 18.4 Å². The number of ether oxygens (including phenoxy) is 1. The molecular weight excluding hydrogens is 557 g/mol. The average Bonchev–Trinajstić information content (AvgIpc) is 2.94. The van der Waals surface area contributed by atoms with E-state index in [0.29, 0.717) is 28.0 Å². The highest BCUT2D eigenvalue weighted by atomic mass is 35.5. The number of rotatable bonds is 10. The van der Waals surface area contributed by atoms with E-state index < -0.39 is 22.5 Å². The van der Waals surface area contributed by atoms with Crippen molar-refractivity contribution in [3.05, 3.63) is 124 Å². The molecule has 0 saturated heterocycles. The third kappa shape index (κ3) is 7.38. The standard InChI is InChI=1S/C29H25Cl2N3O4S/c1-21-11-14-24(17-28(21)31)34(39(36,37)26-8-3-2-4-9-26)19-29(35)33-32-18-22-12-15-25(16-13-22)38-20-23-7-5-6-10-27(23)30/h2-18H,19-20H2,1H3,(H,33,35)/b32-18+. The number of aryl methyl sites for hydroxylation is 1. The number of nitrogens with zero attached hydrogens (tertiary/aromatic N) is 2. The number of hydrogen-bond acceptors (Lipinski definition) is 5. The second kappa shape index (κ2) is 12.8. The Hall–Kier alpha value is -3.85. The molecule has 0 bridgehead atoms. The van der Waals surface area contributed by atoms with Gasteiger partial charge in [-0.1, -0.05) is 65.7 Å². The summed E-state index contributed by atoms with van der Waals surface area (Å²) in [5, 5.41) is 5.00. The molecule has 0 aliphatic heterocycles. The highest BCUT2D eigenvalue weighted by molar-refractivity contribution is 7.92. The zero-order valence-corrected chi connectivity index (χ0v) is 23.2. The van der Waals surface area contributed by atoms with Gasteiger partial charge in [-0.2, -0.15) is 5.10 Å². The molecule has 0 spiro atoms. The molecule has 10 heteroatoms. The topological polar surface area (TPSA) is 88.1 Å². The second-order valence-corrected chi connectivity index (χ2v) is 11.2. The largest absolute Gasteiger partial charge is 0.489 e. The molecule has 4 rings (SSSR count). The zero-order chi connectivity index (χ0) is 27.8. The van der Waals surface area contributed by atoms with Crippen LogP contribution in [0.1, 0.15) is 16.7 Å². The lowest BCUT2D eigenvalue weighted by Crippen LogP contribution is -2.39. The third-order valence-electron chi connectivity index (χ3n) is 5.70. The number of carbonyl (C=O) groups excluding carboxylic acids is 1. The quantitative estimate of drug-likeness (QED) is 0.178. The Bertz CT molecular complexity index is 1580. The number of anilines is 1. The fourth-order valence-corrected chi connectivity index (χ4v) is 5.34. The summed E-state index contributed by atoms with van der Waals surface area (Å²) in [6.07, 6.45) is 1.45. The van der Waals surface area contributed by atoms with E-state index in [1.807, 2.05) is 18.2 Å². The lowest BCUT2D eigenvalue weighted by atomic mass is 10.2. The van der Waals surface area contributed by atoms with Crippen LogP contribution in [0.15, 0.2) is 107 Å². The second-order valence-electron chi connectivity index (χ2n) is 8.50. The van der Waals surface area contributed by atoms with Crippen LogP contribution in [0.3, 0.4) is 0 Å². The van der Waals surface area contributed by atoms with Gasteiger partial charge in [0.2, 0.25) is 0 Å².